The van der Waals surface area contributed by atoms with Gasteiger partial charge in [-0.3, -0.25) is 0 Å². The van der Waals surface area contributed by atoms with E-state index in [4.69, 9.17) is 14.2 Å². The third-order valence-electron chi connectivity index (χ3n) is 4.66. The Morgan fingerprint density at radius 2 is 1.81 bits per heavy atom. The molecule has 2 fully saturated rings. The highest BCUT2D eigenvalue weighted by Gasteiger charge is 2.23. The lowest BCUT2D eigenvalue weighted by molar-refractivity contribution is 0.173. The van der Waals surface area contributed by atoms with Crippen LogP contribution < -0.4 is 19.5 Å². The number of benzene rings is 1. The van der Waals surface area contributed by atoms with Crippen LogP contribution in [-0.4, -0.2) is 19.4 Å². The molecule has 4 rings (SSSR count). The first-order valence-corrected chi connectivity index (χ1v) is 8.17. The fourth-order valence-electron chi connectivity index (χ4n) is 3.16. The first-order chi connectivity index (χ1) is 10.4. The largest absolute Gasteiger partial charge is 0.493 e. The van der Waals surface area contributed by atoms with Crippen molar-refractivity contribution in [2.45, 2.75) is 51.1 Å². The summed E-state index contributed by atoms with van der Waals surface area (Å²) in [6.45, 7) is 1.99. The molecule has 2 aliphatic carbocycles. The molecule has 0 bridgehead atoms. The Morgan fingerprint density at radius 3 is 2.57 bits per heavy atom. The van der Waals surface area contributed by atoms with Gasteiger partial charge in [0.1, 0.15) is 5.75 Å². The Balaban J connectivity index is 1.47. The molecule has 0 aromatic heterocycles. The minimum absolute atomic E-state index is 0.316. The van der Waals surface area contributed by atoms with Crippen molar-refractivity contribution in [3.8, 4) is 17.2 Å². The van der Waals surface area contributed by atoms with Gasteiger partial charge in [0, 0.05) is 24.2 Å². The van der Waals surface area contributed by atoms with Crippen LogP contribution >= 0.6 is 0 Å². The molecule has 0 amide bonds. The number of rotatable bonds is 6. The molecular formula is C17H23NO3. The van der Waals surface area contributed by atoms with E-state index in [1.54, 1.807) is 0 Å². The maximum atomic E-state index is 6.12. The van der Waals surface area contributed by atoms with Gasteiger partial charge in [0.25, 0.3) is 0 Å². The molecule has 2 saturated carbocycles. The minimum atomic E-state index is 0.316. The SMILES string of the molecule is c1c(CNC2CC2)c(OCC2CCCC2)cc2c1OCO2. The molecule has 21 heavy (non-hydrogen) atoms. The van der Waals surface area contributed by atoms with Crippen LogP contribution in [0.15, 0.2) is 12.1 Å². The summed E-state index contributed by atoms with van der Waals surface area (Å²) in [5.41, 5.74) is 1.18. The maximum Gasteiger partial charge on any atom is 0.231 e. The van der Waals surface area contributed by atoms with E-state index in [-0.39, 0.29) is 0 Å². The van der Waals surface area contributed by atoms with Crippen LogP contribution in [0.1, 0.15) is 44.1 Å². The molecule has 0 radical (unpaired) electrons. The second-order valence-corrected chi connectivity index (χ2v) is 6.43. The van der Waals surface area contributed by atoms with Crippen LogP contribution in [0.4, 0.5) is 0 Å². The number of hydrogen-bond donors (Lipinski definition) is 1. The Labute approximate surface area is 125 Å². The predicted molar refractivity (Wildman–Crippen MR) is 79.9 cm³/mol. The Hall–Kier alpha value is -1.42. The van der Waals surface area contributed by atoms with Crippen molar-refractivity contribution < 1.29 is 14.2 Å². The molecule has 1 aliphatic heterocycles. The molecule has 1 N–H and O–H groups in total. The normalized spacial score (nSPS) is 21.0. The Morgan fingerprint density at radius 1 is 1.05 bits per heavy atom. The molecule has 0 saturated heterocycles. The fraction of sp³-hybridized carbons (Fsp3) is 0.647. The van der Waals surface area contributed by atoms with E-state index < -0.39 is 0 Å². The molecule has 0 unspecified atom stereocenters. The van der Waals surface area contributed by atoms with Crippen LogP contribution in [0.3, 0.4) is 0 Å². The van der Waals surface area contributed by atoms with Crippen molar-refractivity contribution in [2.75, 3.05) is 13.4 Å². The van der Waals surface area contributed by atoms with Gasteiger partial charge in [0.05, 0.1) is 6.61 Å². The van der Waals surface area contributed by atoms with Crippen LogP contribution in [0, 0.1) is 5.92 Å². The van der Waals surface area contributed by atoms with E-state index in [9.17, 15) is 0 Å². The van der Waals surface area contributed by atoms with Gasteiger partial charge in [-0.15, -0.1) is 0 Å². The highest BCUT2D eigenvalue weighted by molar-refractivity contribution is 5.51. The third kappa shape index (κ3) is 3.10. The average Bonchev–Trinajstić information content (AvgIpc) is 3.00. The smallest absolute Gasteiger partial charge is 0.231 e. The van der Waals surface area contributed by atoms with Crippen molar-refractivity contribution in [1.82, 2.24) is 5.32 Å². The van der Waals surface area contributed by atoms with Crippen LogP contribution in [0.25, 0.3) is 0 Å². The number of fused-ring (bicyclic) bond motifs is 1. The summed E-state index contributed by atoms with van der Waals surface area (Å²) in [5.74, 6) is 3.33. The summed E-state index contributed by atoms with van der Waals surface area (Å²) in [4.78, 5) is 0. The van der Waals surface area contributed by atoms with Gasteiger partial charge in [-0.25, -0.2) is 0 Å². The maximum absolute atomic E-state index is 6.12. The Kier molecular flexibility index (Phi) is 3.63. The lowest BCUT2D eigenvalue weighted by atomic mass is 10.1. The molecule has 1 aromatic carbocycles. The lowest BCUT2D eigenvalue weighted by Gasteiger charge is -2.16. The molecule has 0 atom stereocenters. The quantitative estimate of drug-likeness (QED) is 0.872. The number of ether oxygens (including phenoxy) is 3. The van der Waals surface area contributed by atoms with Gasteiger partial charge in [-0.1, -0.05) is 12.8 Å². The van der Waals surface area contributed by atoms with Crippen LogP contribution in [-0.2, 0) is 6.54 Å². The first kappa shape index (κ1) is 13.3. The van der Waals surface area contributed by atoms with Gasteiger partial charge < -0.3 is 19.5 Å². The standard InChI is InChI=1S/C17H23NO3/c1-2-4-12(3-1)10-19-15-8-17-16(20-11-21-17)7-13(15)9-18-14-5-6-14/h7-8,12,14,18H,1-6,9-11H2. The van der Waals surface area contributed by atoms with Crippen molar-refractivity contribution in [3.63, 3.8) is 0 Å². The molecule has 114 valence electrons. The highest BCUT2D eigenvalue weighted by atomic mass is 16.7. The second kappa shape index (κ2) is 5.76. The van der Waals surface area contributed by atoms with Crippen LogP contribution in [0.2, 0.25) is 0 Å². The van der Waals surface area contributed by atoms with Gasteiger partial charge in [0.2, 0.25) is 6.79 Å². The van der Waals surface area contributed by atoms with Gasteiger partial charge in [-0.2, -0.15) is 0 Å². The summed E-state index contributed by atoms with van der Waals surface area (Å²) < 4.78 is 17.1. The van der Waals surface area contributed by atoms with E-state index >= 15 is 0 Å². The minimum Gasteiger partial charge on any atom is -0.493 e. The van der Waals surface area contributed by atoms with Crippen molar-refractivity contribution in [2.24, 2.45) is 5.92 Å². The summed E-state index contributed by atoms with van der Waals surface area (Å²) in [7, 11) is 0. The molecular weight excluding hydrogens is 266 g/mol. The second-order valence-electron chi connectivity index (χ2n) is 6.43. The molecule has 3 aliphatic rings. The molecule has 4 nitrogen and oxygen atoms in total. The molecule has 1 aromatic rings. The van der Waals surface area contributed by atoms with Crippen LogP contribution in [0.5, 0.6) is 17.2 Å². The lowest BCUT2D eigenvalue weighted by Crippen LogP contribution is -2.17. The fourth-order valence-corrected chi connectivity index (χ4v) is 3.16. The summed E-state index contributed by atoms with van der Waals surface area (Å²) in [5, 5.41) is 3.56. The summed E-state index contributed by atoms with van der Waals surface area (Å²) >= 11 is 0. The monoisotopic (exact) mass is 289 g/mol. The van der Waals surface area contributed by atoms with E-state index in [0.29, 0.717) is 12.8 Å². The van der Waals surface area contributed by atoms with E-state index in [0.717, 1.165) is 36.3 Å². The van der Waals surface area contributed by atoms with Gasteiger partial charge >= 0.3 is 0 Å². The van der Waals surface area contributed by atoms with Gasteiger partial charge in [-0.05, 0) is 37.7 Å². The Bertz CT molecular complexity index is 507. The third-order valence-corrected chi connectivity index (χ3v) is 4.66. The van der Waals surface area contributed by atoms with Crippen molar-refractivity contribution in [1.29, 1.82) is 0 Å². The first-order valence-electron chi connectivity index (χ1n) is 8.17. The number of nitrogens with one attached hydrogen (secondary N) is 1. The van der Waals surface area contributed by atoms with Gasteiger partial charge in [0.15, 0.2) is 11.5 Å². The van der Waals surface area contributed by atoms with E-state index in [2.05, 4.69) is 11.4 Å². The zero-order chi connectivity index (χ0) is 14.1. The summed E-state index contributed by atoms with van der Waals surface area (Å²) in [6, 6.07) is 4.77. The highest BCUT2D eigenvalue weighted by Crippen LogP contribution is 2.39. The zero-order valence-corrected chi connectivity index (χ0v) is 12.4. The predicted octanol–water partition coefficient (Wildman–Crippen LogP) is 3.24. The molecule has 4 heteroatoms. The molecule has 0 spiro atoms. The number of hydrogen-bond acceptors (Lipinski definition) is 4. The topological polar surface area (TPSA) is 39.7 Å². The molecule has 1 heterocycles. The average molecular weight is 289 g/mol. The van der Waals surface area contributed by atoms with E-state index in [1.165, 1.54) is 44.1 Å². The van der Waals surface area contributed by atoms with E-state index in [1.807, 2.05) is 6.07 Å². The van der Waals surface area contributed by atoms with Crippen molar-refractivity contribution in [3.05, 3.63) is 17.7 Å². The summed E-state index contributed by atoms with van der Waals surface area (Å²) in [6.07, 6.45) is 7.91. The van der Waals surface area contributed by atoms with Crippen molar-refractivity contribution >= 4 is 0 Å². The zero-order valence-electron chi connectivity index (χ0n) is 12.4.